The van der Waals surface area contributed by atoms with Gasteiger partial charge in [-0.25, -0.2) is 16.8 Å². The predicted molar refractivity (Wildman–Crippen MR) is 200 cm³/mol. The number of benzene rings is 8. The van der Waals surface area contributed by atoms with Crippen LogP contribution in [0.1, 0.15) is 0 Å². The van der Waals surface area contributed by atoms with Crippen LogP contribution in [-0.4, -0.2) is 21.9 Å². The van der Waals surface area contributed by atoms with E-state index in [1.54, 1.807) is 36.4 Å². The zero-order valence-corrected chi connectivity index (χ0v) is 28.3. The summed E-state index contributed by atoms with van der Waals surface area (Å²) in [5.74, 6) is 0.210. The zero-order valence-electron chi connectivity index (χ0n) is 26.7. The maximum atomic E-state index is 13.7. The molecule has 1 aliphatic carbocycles. The molecule has 8 aromatic carbocycles. The number of rotatable bonds is 2. The summed E-state index contributed by atoms with van der Waals surface area (Å²) >= 11 is 0. The molecule has 51 heavy (non-hydrogen) atoms. The maximum absolute atomic E-state index is 13.7. The molecule has 0 unspecified atom stereocenters. The minimum atomic E-state index is -3.67. The molecule has 5 nitrogen and oxygen atoms in total. The summed E-state index contributed by atoms with van der Waals surface area (Å²) in [5.41, 5.74) is 9.55. The van der Waals surface area contributed by atoms with Gasteiger partial charge in [0.15, 0.2) is 0 Å². The van der Waals surface area contributed by atoms with Crippen LogP contribution in [0.25, 0.3) is 88.3 Å². The Hall–Kier alpha value is -6.02. The SMILES string of the molecule is O=S1(=O)c2ccccc2-c2ccc(-c3ccc4c(c3)-c3cc(-c5ccc6c(c5)S(=O)(=O)c5ccccc5-6)cc5c3c-4c(O)c3ccccc35)cc21. The molecule has 0 radical (unpaired) electrons. The van der Waals surface area contributed by atoms with Crippen molar-refractivity contribution in [1.82, 2.24) is 0 Å². The zero-order chi connectivity index (χ0) is 34.4. The third-order valence-electron chi connectivity index (χ3n) is 10.8. The van der Waals surface area contributed by atoms with Crippen molar-refractivity contribution < 1.29 is 21.9 Å². The lowest BCUT2D eigenvalue weighted by atomic mass is 9.91. The van der Waals surface area contributed by atoms with Crippen LogP contribution in [0.4, 0.5) is 0 Å². The monoisotopic (exact) mass is 696 g/mol. The van der Waals surface area contributed by atoms with Gasteiger partial charge in [0.2, 0.25) is 19.7 Å². The van der Waals surface area contributed by atoms with Crippen molar-refractivity contribution in [1.29, 1.82) is 0 Å². The number of hydrogen-bond acceptors (Lipinski definition) is 5. The van der Waals surface area contributed by atoms with E-state index in [1.807, 2.05) is 84.9 Å². The van der Waals surface area contributed by atoms with Gasteiger partial charge in [-0.3, -0.25) is 0 Å². The summed E-state index contributed by atoms with van der Waals surface area (Å²) in [6.07, 6.45) is 0. The number of phenolic OH excluding ortho intramolecular Hbond substituents is 1. The topological polar surface area (TPSA) is 88.5 Å². The van der Waals surface area contributed by atoms with E-state index in [9.17, 15) is 21.9 Å². The first-order valence-corrected chi connectivity index (χ1v) is 19.5. The molecule has 0 amide bonds. The fraction of sp³-hybridized carbons (Fsp3) is 0. The Labute approximate surface area is 293 Å². The standard InChI is InChI=1S/C44H24O5S2/c45-44-34-10-2-1-7-28(34)36-20-27(26-14-17-32-30-9-4-6-12-39(30)51(48,49)41(32)23-26)21-37-35-19-24(15-18-33(35)43(44)42(36)37)25-13-16-31-29-8-3-5-11-38(29)50(46,47)40(31)22-25/h1-23,45H. The van der Waals surface area contributed by atoms with Crippen LogP contribution in [0.3, 0.4) is 0 Å². The van der Waals surface area contributed by atoms with Gasteiger partial charge in [-0.05, 0) is 92.2 Å². The second-order valence-electron chi connectivity index (χ2n) is 13.4. The van der Waals surface area contributed by atoms with E-state index in [0.29, 0.717) is 41.8 Å². The first-order chi connectivity index (χ1) is 24.7. The lowest BCUT2D eigenvalue weighted by molar-refractivity contribution is 0.484. The number of fused-ring (bicyclic) bond motifs is 11. The lowest BCUT2D eigenvalue weighted by Crippen LogP contribution is -1.96. The third kappa shape index (κ3) is 3.64. The maximum Gasteiger partial charge on any atom is 0.207 e. The molecule has 242 valence electrons. The Morgan fingerprint density at radius 1 is 0.353 bits per heavy atom. The smallest absolute Gasteiger partial charge is 0.207 e. The second kappa shape index (κ2) is 9.60. The average molecular weight is 697 g/mol. The molecule has 0 spiro atoms. The summed E-state index contributed by atoms with van der Waals surface area (Å²) in [4.78, 5) is 1.24. The van der Waals surface area contributed by atoms with Crippen LogP contribution in [0, 0.1) is 0 Å². The predicted octanol–water partition coefficient (Wildman–Crippen LogP) is 10.3. The van der Waals surface area contributed by atoms with E-state index in [2.05, 4.69) is 18.2 Å². The molecule has 0 atom stereocenters. The highest BCUT2D eigenvalue weighted by atomic mass is 32.2. The van der Waals surface area contributed by atoms with Crippen LogP contribution in [0.5, 0.6) is 5.75 Å². The summed E-state index contributed by atoms with van der Waals surface area (Å²) in [6.45, 7) is 0. The van der Waals surface area contributed by atoms with Crippen LogP contribution < -0.4 is 0 Å². The van der Waals surface area contributed by atoms with Crippen molar-refractivity contribution in [2.45, 2.75) is 19.6 Å². The number of aromatic hydroxyl groups is 1. The minimum Gasteiger partial charge on any atom is -0.507 e. The highest BCUT2D eigenvalue weighted by Gasteiger charge is 2.35. The number of phenols is 1. The van der Waals surface area contributed by atoms with Crippen LogP contribution in [0.2, 0.25) is 0 Å². The number of hydrogen-bond donors (Lipinski definition) is 1. The summed E-state index contributed by atoms with van der Waals surface area (Å²) in [6, 6.07) is 43.5. The van der Waals surface area contributed by atoms with Gasteiger partial charge in [-0.2, -0.15) is 0 Å². The molecule has 0 saturated heterocycles. The average Bonchev–Trinajstić information content (AvgIpc) is 3.70. The Kier molecular flexibility index (Phi) is 5.42. The third-order valence-corrected chi connectivity index (χ3v) is 14.5. The molecule has 2 heterocycles. The Balaban J connectivity index is 1.14. The van der Waals surface area contributed by atoms with E-state index in [4.69, 9.17) is 0 Å². The second-order valence-corrected chi connectivity index (χ2v) is 17.2. The molecule has 2 aliphatic heterocycles. The molecule has 3 aliphatic rings. The van der Waals surface area contributed by atoms with Crippen molar-refractivity contribution in [2.75, 3.05) is 0 Å². The van der Waals surface area contributed by atoms with Crippen LogP contribution in [-0.2, 0) is 19.7 Å². The summed E-state index contributed by atoms with van der Waals surface area (Å²) in [5, 5.41) is 15.3. The Morgan fingerprint density at radius 2 is 0.824 bits per heavy atom. The molecule has 8 aromatic rings. The van der Waals surface area contributed by atoms with Gasteiger partial charge < -0.3 is 5.11 Å². The minimum absolute atomic E-state index is 0.210. The first kappa shape index (κ1) is 28.8. The van der Waals surface area contributed by atoms with Crippen molar-refractivity contribution >= 4 is 41.2 Å². The van der Waals surface area contributed by atoms with Gasteiger partial charge in [-0.1, -0.05) is 97.1 Å². The van der Waals surface area contributed by atoms with Crippen molar-refractivity contribution in [2.24, 2.45) is 0 Å². The molecule has 11 rings (SSSR count). The highest BCUT2D eigenvalue weighted by molar-refractivity contribution is 7.92. The normalized spacial score (nSPS) is 15.0. The fourth-order valence-corrected chi connectivity index (χ4v) is 11.9. The van der Waals surface area contributed by atoms with Crippen molar-refractivity contribution in [3.05, 3.63) is 140 Å². The van der Waals surface area contributed by atoms with Gasteiger partial charge in [0.25, 0.3) is 0 Å². The summed E-state index contributed by atoms with van der Waals surface area (Å²) < 4.78 is 54.4. The van der Waals surface area contributed by atoms with E-state index >= 15 is 0 Å². The lowest BCUT2D eigenvalue weighted by Gasteiger charge is -2.13. The van der Waals surface area contributed by atoms with Crippen LogP contribution in [0.15, 0.2) is 159 Å². The van der Waals surface area contributed by atoms with Gasteiger partial charge in [-0.15, -0.1) is 0 Å². The van der Waals surface area contributed by atoms with E-state index in [0.717, 1.165) is 66.1 Å². The first-order valence-electron chi connectivity index (χ1n) is 16.6. The van der Waals surface area contributed by atoms with E-state index in [-0.39, 0.29) is 5.75 Å². The van der Waals surface area contributed by atoms with Gasteiger partial charge >= 0.3 is 0 Å². The van der Waals surface area contributed by atoms with E-state index < -0.39 is 19.7 Å². The molecule has 0 saturated carbocycles. The largest absolute Gasteiger partial charge is 0.507 e. The summed E-state index contributed by atoms with van der Waals surface area (Å²) in [7, 11) is -7.33. The molecule has 0 fully saturated rings. The molecular weight excluding hydrogens is 673 g/mol. The van der Waals surface area contributed by atoms with Crippen LogP contribution >= 0.6 is 0 Å². The van der Waals surface area contributed by atoms with Gasteiger partial charge in [0.05, 0.1) is 19.6 Å². The molecule has 0 aromatic heterocycles. The van der Waals surface area contributed by atoms with Crippen molar-refractivity contribution in [3.8, 4) is 72.5 Å². The quantitative estimate of drug-likeness (QED) is 0.182. The molecular formula is C44H24O5S2. The van der Waals surface area contributed by atoms with Crippen molar-refractivity contribution in [3.63, 3.8) is 0 Å². The molecule has 7 heteroatoms. The van der Waals surface area contributed by atoms with Gasteiger partial charge in [0, 0.05) is 38.6 Å². The Morgan fingerprint density at radius 3 is 1.45 bits per heavy atom. The number of sulfone groups is 2. The Bertz CT molecular complexity index is 3180. The van der Waals surface area contributed by atoms with Gasteiger partial charge in [0.1, 0.15) is 5.75 Å². The van der Waals surface area contributed by atoms with E-state index in [1.165, 1.54) is 0 Å². The molecule has 0 bridgehead atoms. The molecule has 1 N–H and O–H groups in total. The highest BCUT2D eigenvalue weighted by Crippen LogP contribution is 2.56. The fourth-order valence-electron chi connectivity index (χ4n) is 8.48.